The van der Waals surface area contributed by atoms with Crippen LogP contribution < -0.4 is 5.32 Å². The van der Waals surface area contributed by atoms with Gasteiger partial charge in [-0.25, -0.2) is 0 Å². The molecule has 1 atom stereocenters. The van der Waals surface area contributed by atoms with Crippen LogP contribution in [0, 0.1) is 5.92 Å². The lowest BCUT2D eigenvalue weighted by Crippen LogP contribution is -2.31. The summed E-state index contributed by atoms with van der Waals surface area (Å²) in [5.41, 5.74) is 1.07. The monoisotopic (exact) mass is 281 g/mol. The maximum absolute atomic E-state index is 11.6. The molecule has 1 aliphatic rings. The number of hydrogen-bond acceptors (Lipinski definition) is 1. The van der Waals surface area contributed by atoms with E-state index < -0.39 is 0 Å². The molecule has 0 radical (unpaired) electrons. The molecule has 1 amide bonds. The zero-order chi connectivity index (χ0) is 11.4. The van der Waals surface area contributed by atoms with Crippen molar-refractivity contribution in [1.82, 2.24) is 5.32 Å². The van der Waals surface area contributed by atoms with Crippen molar-refractivity contribution in [2.24, 2.45) is 5.92 Å². The molecule has 0 saturated heterocycles. The van der Waals surface area contributed by atoms with Gasteiger partial charge in [-0.15, -0.1) is 0 Å². The Morgan fingerprint density at radius 3 is 2.69 bits per heavy atom. The Balaban J connectivity index is 1.72. The lowest BCUT2D eigenvalue weighted by atomic mass is 10.1. The van der Waals surface area contributed by atoms with Gasteiger partial charge in [0.05, 0.1) is 6.42 Å². The highest BCUT2D eigenvalue weighted by Gasteiger charge is 2.29. The Kier molecular flexibility index (Phi) is 3.99. The molecule has 1 N–H and O–H groups in total. The number of alkyl halides is 1. The van der Waals surface area contributed by atoms with Gasteiger partial charge in [0, 0.05) is 11.4 Å². The maximum Gasteiger partial charge on any atom is 0.224 e. The van der Waals surface area contributed by atoms with Crippen LogP contribution in [0.4, 0.5) is 0 Å². The summed E-state index contributed by atoms with van der Waals surface area (Å²) >= 11 is 3.60. The van der Waals surface area contributed by atoms with E-state index >= 15 is 0 Å². The summed E-state index contributed by atoms with van der Waals surface area (Å²) in [4.78, 5) is 12.1. The molecule has 1 aromatic rings. The van der Waals surface area contributed by atoms with Gasteiger partial charge in [-0.3, -0.25) is 4.79 Å². The molecule has 0 aliphatic heterocycles. The predicted molar refractivity (Wildman–Crippen MR) is 68.6 cm³/mol. The van der Waals surface area contributed by atoms with E-state index in [1.807, 2.05) is 30.3 Å². The van der Waals surface area contributed by atoms with Crippen LogP contribution in [0.3, 0.4) is 0 Å². The zero-order valence-electron chi connectivity index (χ0n) is 9.16. The molecule has 86 valence electrons. The number of carbonyl (C=O) groups is 1. The number of hydrogen-bond donors (Lipinski definition) is 1. The number of rotatable bonds is 5. The molecule has 1 fully saturated rings. The molecule has 0 aromatic heterocycles. The molecule has 1 aromatic carbocycles. The fourth-order valence-corrected chi connectivity index (χ4v) is 2.37. The third kappa shape index (κ3) is 3.63. The Hall–Kier alpha value is -0.830. The SMILES string of the molecule is O=C(Cc1ccccc1)NCC(Br)C1CC1. The largest absolute Gasteiger partial charge is 0.355 e. The summed E-state index contributed by atoms with van der Waals surface area (Å²) in [6.45, 7) is 0.746. The van der Waals surface area contributed by atoms with Crippen molar-refractivity contribution >= 4 is 21.8 Å². The van der Waals surface area contributed by atoms with Crippen molar-refractivity contribution in [2.45, 2.75) is 24.1 Å². The van der Waals surface area contributed by atoms with Gasteiger partial charge in [-0.05, 0) is 24.3 Å². The summed E-state index contributed by atoms with van der Waals surface area (Å²) in [5.74, 6) is 0.883. The highest BCUT2D eigenvalue weighted by atomic mass is 79.9. The molecular weight excluding hydrogens is 266 g/mol. The summed E-state index contributed by atoms with van der Waals surface area (Å²) in [7, 11) is 0. The first-order valence-electron chi connectivity index (χ1n) is 5.70. The van der Waals surface area contributed by atoms with Crippen molar-refractivity contribution in [2.75, 3.05) is 6.54 Å². The van der Waals surface area contributed by atoms with Gasteiger partial charge < -0.3 is 5.32 Å². The Bertz CT molecular complexity index is 348. The topological polar surface area (TPSA) is 29.1 Å². The van der Waals surface area contributed by atoms with Crippen molar-refractivity contribution < 1.29 is 4.79 Å². The maximum atomic E-state index is 11.6. The molecule has 2 rings (SSSR count). The van der Waals surface area contributed by atoms with E-state index in [-0.39, 0.29) is 5.91 Å². The first-order valence-corrected chi connectivity index (χ1v) is 6.62. The van der Waals surface area contributed by atoms with Crippen LogP contribution in [0.2, 0.25) is 0 Å². The van der Waals surface area contributed by atoms with E-state index in [9.17, 15) is 4.79 Å². The second kappa shape index (κ2) is 5.48. The third-order valence-corrected chi connectivity index (χ3v) is 3.91. The van der Waals surface area contributed by atoms with Crippen LogP contribution in [0.5, 0.6) is 0 Å². The molecule has 2 nitrogen and oxygen atoms in total. The average molecular weight is 282 g/mol. The number of halogens is 1. The third-order valence-electron chi connectivity index (χ3n) is 2.84. The van der Waals surface area contributed by atoms with Crippen LogP contribution in [0.1, 0.15) is 18.4 Å². The zero-order valence-corrected chi connectivity index (χ0v) is 10.7. The first-order chi connectivity index (χ1) is 7.75. The standard InChI is InChI=1S/C13H16BrNO/c14-12(11-6-7-11)9-15-13(16)8-10-4-2-1-3-5-10/h1-5,11-12H,6-9H2,(H,15,16). The normalized spacial score (nSPS) is 16.8. The summed E-state index contributed by atoms with van der Waals surface area (Å²) in [5, 5.41) is 2.97. The number of benzene rings is 1. The van der Waals surface area contributed by atoms with E-state index in [0.29, 0.717) is 11.2 Å². The van der Waals surface area contributed by atoms with Crippen molar-refractivity contribution in [3.05, 3.63) is 35.9 Å². The molecule has 3 heteroatoms. The van der Waals surface area contributed by atoms with Gasteiger partial charge in [0.1, 0.15) is 0 Å². The van der Waals surface area contributed by atoms with E-state index in [0.717, 1.165) is 18.0 Å². The Morgan fingerprint density at radius 2 is 2.06 bits per heavy atom. The van der Waals surface area contributed by atoms with Gasteiger partial charge in [0.2, 0.25) is 5.91 Å². The molecular formula is C13H16BrNO. The molecule has 0 heterocycles. The van der Waals surface area contributed by atoms with E-state index in [4.69, 9.17) is 0 Å². The fraction of sp³-hybridized carbons (Fsp3) is 0.462. The van der Waals surface area contributed by atoms with Crippen molar-refractivity contribution in [1.29, 1.82) is 0 Å². The first kappa shape index (κ1) is 11.6. The summed E-state index contributed by atoms with van der Waals surface area (Å²) in [6.07, 6.45) is 3.07. The van der Waals surface area contributed by atoms with Crippen LogP contribution >= 0.6 is 15.9 Å². The van der Waals surface area contributed by atoms with Gasteiger partial charge in [-0.2, -0.15) is 0 Å². The number of amides is 1. The smallest absolute Gasteiger partial charge is 0.224 e. The van der Waals surface area contributed by atoms with E-state index in [1.54, 1.807) is 0 Å². The molecule has 16 heavy (non-hydrogen) atoms. The predicted octanol–water partition coefficient (Wildman–Crippen LogP) is 2.52. The van der Waals surface area contributed by atoms with Crippen LogP contribution in [0.15, 0.2) is 30.3 Å². The fourth-order valence-electron chi connectivity index (χ4n) is 1.68. The molecule has 1 aliphatic carbocycles. The number of carbonyl (C=O) groups excluding carboxylic acids is 1. The van der Waals surface area contributed by atoms with Crippen LogP contribution in [-0.2, 0) is 11.2 Å². The minimum atomic E-state index is 0.108. The molecule has 0 bridgehead atoms. The minimum Gasteiger partial charge on any atom is -0.355 e. The lowest BCUT2D eigenvalue weighted by Gasteiger charge is -2.09. The van der Waals surface area contributed by atoms with Crippen molar-refractivity contribution in [3.63, 3.8) is 0 Å². The molecule has 1 saturated carbocycles. The van der Waals surface area contributed by atoms with Gasteiger partial charge >= 0.3 is 0 Å². The lowest BCUT2D eigenvalue weighted by molar-refractivity contribution is -0.120. The van der Waals surface area contributed by atoms with Gasteiger partial charge in [-0.1, -0.05) is 46.3 Å². The average Bonchev–Trinajstić information content (AvgIpc) is 3.11. The van der Waals surface area contributed by atoms with E-state index in [1.165, 1.54) is 12.8 Å². The highest BCUT2D eigenvalue weighted by molar-refractivity contribution is 9.09. The van der Waals surface area contributed by atoms with E-state index in [2.05, 4.69) is 21.2 Å². The van der Waals surface area contributed by atoms with Crippen LogP contribution in [0.25, 0.3) is 0 Å². The van der Waals surface area contributed by atoms with Gasteiger partial charge in [0.15, 0.2) is 0 Å². The van der Waals surface area contributed by atoms with Crippen LogP contribution in [-0.4, -0.2) is 17.3 Å². The molecule has 1 unspecified atom stereocenters. The second-order valence-electron chi connectivity index (χ2n) is 4.32. The second-order valence-corrected chi connectivity index (χ2v) is 5.50. The van der Waals surface area contributed by atoms with Gasteiger partial charge in [0.25, 0.3) is 0 Å². The van der Waals surface area contributed by atoms with Crippen molar-refractivity contribution in [3.8, 4) is 0 Å². The molecule has 0 spiro atoms. The highest BCUT2D eigenvalue weighted by Crippen LogP contribution is 2.36. The number of nitrogens with one attached hydrogen (secondary N) is 1. The summed E-state index contributed by atoms with van der Waals surface area (Å²) in [6, 6.07) is 9.83. The Morgan fingerprint density at radius 1 is 1.38 bits per heavy atom. The quantitative estimate of drug-likeness (QED) is 0.826. The minimum absolute atomic E-state index is 0.108. The summed E-state index contributed by atoms with van der Waals surface area (Å²) < 4.78 is 0. The Labute approximate surface area is 105 Å².